The van der Waals surface area contributed by atoms with Crippen LogP contribution in [0.2, 0.25) is 0 Å². The number of alkyl carbamates (subject to hydrolysis) is 1. The van der Waals surface area contributed by atoms with E-state index in [1.54, 1.807) is 49.4 Å². The van der Waals surface area contributed by atoms with Crippen LogP contribution in [-0.4, -0.2) is 152 Å². The van der Waals surface area contributed by atoms with Gasteiger partial charge in [0, 0.05) is 85.2 Å². The number of ether oxygens (including phenoxy) is 8. The van der Waals surface area contributed by atoms with Crippen LogP contribution in [0, 0.1) is 11.8 Å². The van der Waals surface area contributed by atoms with E-state index >= 15 is 0 Å². The summed E-state index contributed by atoms with van der Waals surface area (Å²) in [4.78, 5) is 122. The maximum Gasteiger partial charge on any atom is 0.407 e. The second kappa shape index (κ2) is 30.3. The number of fused-ring (bicyclic) bond motifs is 6. The molecule has 0 unspecified atom stereocenters. The molecule has 3 atom stereocenters. The van der Waals surface area contributed by atoms with Crippen LogP contribution in [-0.2, 0) is 93.9 Å². The molecule has 6 amide bonds. The Morgan fingerprint density at radius 3 is 2.15 bits per heavy atom. The quantitative estimate of drug-likeness (QED) is 0.0196. The first kappa shape index (κ1) is 63.9. The molecule has 0 bridgehead atoms. The average Bonchev–Trinajstić information content (AvgIpc) is 1.62. The molecule has 2 aromatic carbocycles. The first-order chi connectivity index (χ1) is 41.5. The predicted molar refractivity (Wildman–Crippen MR) is 307 cm³/mol. The number of hydrogen-bond acceptors (Lipinski definition) is 20. The van der Waals surface area contributed by atoms with E-state index in [2.05, 4.69) is 21.3 Å². The van der Waals surface area contributed by atoms with Crippen LogP contribution in [0.5, 0.6) is 11.5 Å². The van der Waals surface area contributed by atoms with Crippen LogP contribution in [0.25, 0.3) is 22.3 Å². The van der Waals surface area contributed by atoms with Gasteiger partial charge in [0.25, 0.3) is 17.4 Å². The first-order valence-corrected chi connectivity index (χ1v) is 28.9. The lowest BCUT2D eigenvalue weighted by Crippen LogP contribution is -2.45. The number of ketones is 1. The van der Waals surface area contributed by atoms with Gasteiger partial charge >= 0.3 is 12.1 Å². The molecule has 7 N–H and O–H groups in total. The van der Waals surface area contributed by atoms with Gasteiger partial charge in [-0.25, -0.2) is 14.6 Å². The maximum absolute atomic E-state index is 14.0. The maximum atomic E-state index is 14.0. The Morgan fingerprint density at radius 2 is 1.48 bits per heavy atom. The summed E-state index contributed by atoms with van der Waals surface area (Å²) in [7, 11) is 0. The SMILES string of the molecule is CC[C@@]1(O)C(=O)OCc2c1cc1n(c2=O)Cc2c-1nc1cc3c(cc1c2CNC(=O)OCc1ccc(NC(=O)[C@H](CCCCN)CC(=O)[C@@H](NC(=O)CCOCCOCCOCCOCCNC(=O)CCN2C(=O)C=CC2=O)C(C)C)cc1)OCO3. The normalized spacial score (nSPS) is 16.2. The fourth-order valence-corrected chi connectivity index (χ4v) is 10.3. The topological polar surface area (TPSA) is 343 Å². The van der Waals surface area contributed by atoms with Gasteiger partial charge in [0.05, 0.1) is 87.9 Å². The van der Waals surface area contributed by atoms with E-state index in [-0.39, 0.29) is 139 Å². The van der Waals surface area contributed by atoms with Gasteiger partial charge in [-0.1, -0.05) is 39.3 Å². The third-order valence-electron chi connectivity index (χ3n) is 15.1. The molecule has 4 aliphatic rings. The molecule has 4 aromatic rings. The molecule has 0 saturated heterocycles. The molecule has 8 rings (SSSR count). The van der Waals surface area contributed by atoms with Crippen molar-refractivity contribution in [3.63, 3.8) is 0 Å². The van der Waals surface area contributed by atoms with Crippen LogP contribution < -0.4 is 42.0 Å². The summed E-state index contributed by atoms with van der Waals surface area (Å²) in [5, 5.41) is 23.3. The zero-order valence-corrected chi connectivity index (χ0v) is 48.5. The van der Waals surface area contributed by atoms with E-state index in [0.717, 1.165) is 4.90 Å². The number of pyridine rings is 2. The highest BCUT2D eigenvalue weighted by Crippen LogP contribution is 2.43. The van der Waals surface area contributed by atoms with Crippen molar-refractivity contribution in [3.05, 3.63) is 92.8 Å². The van der Waals surface area contributed by atoms with Crippen molar-refractivity contribution in [1.29, 1.82) is 0 Å². The molecule has 0 spiro atoms. The van der Waals surface area contributed by atoms with Crippen LogP contribution in [0.1, 0.15) is 93.5 Å². The van der Waals surface area contributed by atoms with Crippen molar-refractivity contribution in [1.82, 2.24) is 30.4 Å². The first-order valence-electron chi connectivity index (χ1n) is 28.9. The summed E-state index contributed by atoms with van der Waals surface area (Å²) in [5.74, 6) is -3.05. The summed E-state index contributed by atoms with van der Waals surface area (Å²) in [6.45, 7) is 7.73. The molecule has 86 heavy (non-hydrogen) atoms. The number of imide groups is 1. The summed E-state index contributed by atoms with van der Waals surface area (Å²) >= 11 is 0. The standard InChI is InChI=1S/C60H74N8O18/c1-4-60(78)44-29-46-55-42(32-68(46)57(75)43(44)34-83-58(60)76)41(40-28-48-49(86-35-85-48)30-45(40)65-55)31-63-59(77)84-33-37-8-10-39(11-9-37)64-56(74)38(7-5-6-16-61)27-47(69)54(36(2)3)66-51(71)15-19-79-21-23-81-25-26-82-24-22-80-20-17-62-50(70)14-18-67-52(72)12-13-53(67)73/h8-13,28-30,36,38,54,78H,4-7,14-27,31-35,61H2,1-3H3,(H,62,70)(H,63,77)(H,64,74)(H,66,71)/t38-,54+,60+/m1/s1. The van der Waals surface area contributed by atoms with E-state index in [4.69, 9.17) is 48.6 Å². The smallest absolute Gasteiger partial charge is 0.407 e. The fraction of sp³-hybridized carbons (Fsp3) is 0.500. The van der Waals surface area contributed by atoms with Crippen LogP contribution in [0.3, 0.4) is 0 Å². The summed E-state index contributed by atoms with van der Waals surface area (Å²) in [6, 6.07) is 11.0. The van der Waals surface area contributed by atoms with Gasteiger partial charge in [-0.15, -0.1) is 0 Å². The summed E-state index contributed by atoms with van der Waals surface area (Å²) < 4.78 is 45.7. The Kier molecular flexibility index (Phi) is 22.5. The van der Waals surface area contributed by atoms with Gasteiger partial charge in [0.1, 0.15) is 13.2 Å². The predicted octanol–water partition coefficient (Wildman–Crippen LogP) is 2.91. The number of anilines is 1. The van der Waals surface area contributed by atoms with Crippen molar-refractivity contribution in [3.8, 4) is 22.9 Å². The lowest BCUT2D eigenvalue weighted by atomic mass is 9.86. The molecular weight excluding hydrogens is 1120 g/mol. The Labute approximate surface area is 495 Å². The molecule has 0 fully saturated rings. The van der Waals surface area contributed by atoms with Gasteiger partial charge in [0.15, 0.2) is 22.9 Å². The van der Waals surface area contributed by atoms with Crippen molar-refractivity contribution in [2.24, 2.45) is 17.6 Å². The number of esters is 1. The minimum atomic E-state index is -2.01. The molecular formula is C60H74N8O18. The number of benzene rings is 2. The number of carbonyl (C=O) groups excluding carboxylic acids is 8. The van der Waals surface area contributed by atoms with E-state index in [1.807, 2.05) is 13.8 Å². The van der Waals surface area contributed by atoms with E-state index in [1.165, 1.54) is 16.7 Å². The fourth-order valence-electron chi connectivity index (χ4n) is 10.3. The third-order valence-corrected chi connectivity index (χ3v) is 15.1. The zero-order chi connectivity index (χ0) is 61.3. The second-order valence-corrected chi connectivity index (χ2v) is 21.3. The van der Waals surface area contributed by atoms with Gasteiger partial charge in [0.2, 0.25) is 24.5 Å². The van der Waals surface area contributed by atoms with E-state index < -0.39 is 47.0 Å². The Morgan fingerprint density at radius 1 is 0.802 bits per heavy atom. The number of aromatic nitrogens is 2. The largest absolute Gasteiger partial charge is 0.458 e. The molecule has 0 radical (unpaired) electrons. The molecule has 0 saturated carbocycles. The Hall–Kier alpha value is -8.14. The van der Waals surface area contributed by atoms with Gasteiger partial charge in [-0.05, 0) is 67.1 Å². The highest BCUT2D eigenvalue weighted by Gasteiger charge is 2.46. The van der Waals surface area contributed by atoms with Gasteiger partial charge in [-0.2, -0.15) is 0 Å². The van der Waals surface area contributed by atoms with Crippen LogP contribution in [0.4, 0.5) is 10.5 Å². The number of carbonyl (C=O) groups is 8. The second-order valence-electron chi connectivity index (χ2n) is 21.3. The minimum absolute atomic E-state index is 0.00367. The molecule has 6 heterocycles. The molecule has 4 aliphatic heterocycles. The average molecular weight is 1200 g/mol. The number of nitrogens with zero attached hydrogens (tertiary/aromatic N) is 3. The number of amides is 6. The molecule has 462 valence electrons. The number of aliphatic hydroxyl groups is 1. The number of nitrogens with two attached hydrogens (primary N) is 1. The van der Waals surface area contributed by atoms with Crippen LogP contribution >= 0.6 is 0 Å². The Balaban J connectivity index is 0.741. The van der Waals surface area contributed by atoms with Crippen molar-refractivity contribution in [2.75, 3.05) is 84.6 Å². The van der Waals surface area contributed by atoms with Crippen LogP contribution in [0.15, 0.2) is 59.4 Å². The monoisotopic (exact) mass is 1190 g/mol. The number of hydrogen-bond donors (Lipinski definition) is 6. The third kappa shape index (κ3) is 16.0. The summed E-state index contributed by atoms with van der Waals surface area (Å²) in [5.41, 5.74) is 7.37. The molecule has 26 heteroatoms. The molecule has 2 aromatic heterocycles. The van der Waals surface area contributed by atoms with Crippen molar-refractivity contribution >= 4 is 64.0 Å². The van der Waals surface area contributed by atoms with Crippen molar-refractivity contribution < 1.29 is 81.4 Å². The summed E-state index contributed by atoms with van der Waals surface area (Å²) in [6.07, 6.45) is 3.12. The highest BCUT2D eigenvalue weighted by atomic mass is 16.7. The van der Waals surface area contributed by atoms with E-state index in [0.29, 0.717) is 108 Å². The minimum Gasteiger partial charge on any atom is -0.458 e. The number of unbranched alkanes of at least 4 members (excludes halogenated alkanes) is 1. The zero-order valence-electron chi connectivity index (χ0n) is 48.5. The number of nitrogens with one attached hydrogen (secondary N) is 4. The number of Topliss-reactive ketones (excluding diaryl/α,β-unsaturated/α-hetero) is 1. The molecule has 26 nitrogen and oxygen atoms in total. The lowest BCUT2D eigenvalue weighted by Gasteiger charge is -2.31. The Bertz CT molecular complexity index is 3240. The van der Waals surface area contributed by atoms with Gasteiger partial charge < -0.3 is 74.6 Å². The van der Waals surface area contributed by atoms with Crippen molar-refractivity contribution in [2.45, 2.75) is 104 Å². The highest BCUT2D eigenvalue weighted by molar-refractivity contribution is 6.13. The number of cyclic esters (lactones) is 1. The number of rotatable bonds is 34. The lowest BCUT2D eigenvalue weighted by molar-refractivity contribution is -0.172. The van der Waals surface area contributed by atoms with E-state index in [9.17, 15) is 48.3 Å². The van der Waals surface area contributed by atoms with Gasteiger partial charge in [-0.3, -0.25) is 38.5 Å². The molecule has 0 aliphatic carbocycles.